The Hall–Kier alpha value is -4.40. The van der Waals surface area contributed by atoms with Crippen LogP contribution in [0.1, 0.15) is 72.8 Å². The van der Waals surface area contributed by atoms with Gasteiger partial charge in [-0.25, -0.2) is 18.2 Å². The van der Waals surface area contributed by atoms with E-state index in [0.29, 0.717) is 24.0 Å². The Kier molecular flexibility index (Phi) is 10.1. The molecule has 51 heavy (non-hydrogen) atoms. The number of pyridine rings is 1. The molecule has 5 atom stereocenters. The first-order chi connectivity index (χ1) is 23.7. The molecule has 278 valence electrons. The van der Waals surface area contributed by atoms with Gasteiger partial charge in [0.2, 0.25) is 27.7 Å². The number of amides is 4. The molecular formula is C36H49N5O9S. The lowest BCUT2D eigenvalue weighted by Crippen LogP contribution is -2.60. The van der Waals surface area contributed by atoms with Crippen molar-refractivity contribution in [3.63, 3.8) is 0 Å². The summed E-state index contributed by atoms with van der Waals surface area (Å²) in [6.45, 7) is 16.1. The summed E-state index contributed by atoms with van der Waals surface area (Å²) in [4.78, 5) is 60.9. The van der Waals surface area contributed by atoms with Crippen LogP contribution < -0.4 is 24.8 Å². The van der Waals surface area contributed by atoms with E-state index in [1.54, 1.807) is 54.8 Å². The number of ether oxygens (including phenoxy) is 3. The lowest BCUT2D eigenvalue weighted by atomic mass is 9.85. The quantitative estimate of drug-likeness (QED) is 0.290. The number of fused-ring (bicyclic) bond motifs is 1. The lowest BCUT2D eigenvalue weighted by molar-refractivity contribution is -0.143. The highest BCUT2D eigenvalue weighted by Crippen LogP contribution is 2.45. The van der Waals surface area contributed by atoms with Gasteiger partial charge in [0.05, 0.1) is 18.9 Å². The maximum absolute atomic E-state index is 14.5. The molecule has 1 aromatic carbocycles. The van der Waals surface area contributed by atoms with E-state index in [1.165, 1.54) is 11.0 Å². The molecule has 15 heteroatoms. The molecule has 0 radical (unpaired) electrons. The number of carbonyl (C=O) groups excluding carboxylic acids is 4. The Labute approximate surface area is 299 Å². The van der Waals surface area contributed by atoms with Crippen molar-refractivity contribution in [1.29, 1.82) is 0 Å². The van der Waals surface area contributed by atoms with Gasteiger partial charge in [-0.05, 0) is 70.1 Å². The van der Waals surface area contributed by atoms with E-state index < -0.39 is 79.7 Å². The zero-order chi connectivity index (χ0) is 37.7. The average Bonchev–Trinajstić information content (AvgIpc) is 3.95. The summed E-state index contributed by atoms with van der Waals surface area (Å²) in [5.41, 5.74) is -2.28. The third-order valence-electron chi connectivity index (χ3n) is 9.41. The second-order valence-corrected chi connectivity index (χ2v) is 17.7. The topological polar surface area (TPSA) is 182 Å². The Morgan fingerprint density at radius 2 is 1.76 bits per heavy atom. The first-order valence-electron chi connectivity index (χ1n) is 17.1. The number of hydrogen-bond donors (Lipinski definition) is 3. The van der Waals surface area contributed by atoms with E-state index in [4.69, 9.17) is 14.2 Å². The van der Waals surface area contributed by atoms with Crippen molar-refractivity contribution in [2.24, 2.45) is 11.3 Å². The van der Waals surface area contributed by atoms with E-state index in [9.17, 15) is 27.6 Å². The minimum absolute atomic E-state index is 0.0127. The molecule has 2 saturated carbocycles. The standard InChI is InChI=1S/C36H49N5O9S/c1-10-21-18-36(21,32(44)40-51(46,47)23-12-13-23)39-29(42)26-17-22(49-30-25-14-11-20(2)27(48-9)24(25)15-16-37-30)19-41(26)31(43)28(34(3,4)5)38-33(45)50-35(6,7)8/h10-11,14-16,21-23,26,28H,1,12-13,17-19H2,2-9H3,(H,38,45)(H,39,42)(H,40,44)/t21-,22-,26+,28-,36-/m1/s1. The van der Waals surface area contributed by atoms with Crippen LogP contribution in [0.15, 0.2) is 37.1 Å². The summed E-state index contributed by atoms with van der Waals surface area (Å²) in [6, 6.07) is 3.28. The number of aromatic nitrogens is 1. The molecule has 2 aliphatic carbocycles. The van der Waals surface area contributed by atoms with Crippen LogP contribution in [0, 0.1) is 18.3 Å². The van der Waals surface area contributed by atoms with Crippen LogP contribution in [0.3, 0.4) is 0 Å². The number of benzene rings is 1. The van der Waals surface area contributed by atoms with Crippen molar-refractivity contribution < 1.29 is 41.8 Å². The summed E-state index contributed by atoms with van der Waals surface area (Å²) in [5, 5.41) is 6.28. The van der Waals surface area contributed by atoms with Gasteiger partial charge in [0.15, 0.2) is 0 Å². The molecule has 3 N–H and O–H groups in total. The molecule has 3 fully saturated rings. The smallest absolute Gasteiger partial charge is 0.408 e. The van der Waals surface area contributed by atoms with Gasteiger partial charge in [0.25, 0.3) is 5.91 Å². The van der Waals surface area contributed by atoms with E-state index >= 15 is 0 Å². The van der Waals surface area contributed by atoms with Crippen molar-refractivity contribution in [1.82, 2.24) is 25.2 Å². The third-order valence-corrected chi connectivity index (χ3v) is 11.2. The highest BCUT2D eigenvalue weighted by atomic mass is 32.2. The maximum Gasteiger partial charge on any atom is 0.408 e. The molecule has 5 rings (SSSR count). The number of aryl methyl sites for hydroxylation is 1. The molecule has 0 spiro atoms. The molecule has 0 bridgehead atoms. The van der Waals surface area contributed by atoms with E-state index in [-0.39, 0.29) is 25.3 Å². The summed E-state index contributed by atoms with van der Waals surface area (Å²) < 4.78 is 45.0. The first kappa shape index (κ1) is 37.8. The normalized spacial score (nSPS) is 23.9. The molecule has 1 aromatic heterocycles. The maximum atomic E-state index is 14.5. The number of carbonyl (C=O) groups is 4. The summed E-state index contributed by atoms with van der Waals surface area (Å²) in [6.07, 6.45) is 2.62. The molecule has 4 amide bonds. The van der Waals surface area contributed by atoms with Crippen LogP contribution in [-0.4, -0.2) is 90.3 Å². The number of alkyl carbamates (subject to hydrolysis) is 1. The van der Waals surface area contributed by atoms with Crippen molar-refractivity contribution in [2.75, 3.05) is 13.7 Å². The van der Waals surface area contributed by atoms with Gasteiger partial charge in [0.1, 0.15) is 35.1 Å². The van der Waals surface area contributed by atoms with Crippen LogP contribution in [0.25, 0.3) is 10.8 Å². The van der Waals surface area contributed by atoms with Crippen molar-refractivity contribution in [3.05, 3.63) is 42.6 Å². The van der Waals surface area contributed by atoms with Gasteiger partial charge in [-0.15, -0.1) is 6.58 Å². The minimum Gasteiger partial charge on any atom is -0.496 e. The summed E-state index contributed by atoms with van der Waals surface area (Å²) in [7, 11) is -2.32. The number of sulfonamides is 1. The second kappa shape index (κ2) is 13.6. The second-order valence-electron chi connectivity index (χ2n) is 15.7. The minimum atomic E-state index is -3.90. The number of nitrogens with one attached hydrogen (secondary N) is 3. The van der Waals surface area contributed by atoms with Crippen LogP contribution in [0.2, 0.25) is 0 Å². The highest BCUT2D eigenvalue weighted by Gasteiger charge is 2.62. The van der Waals surface area contributed by atoms with E-state index in [1.807, 2.05) is 25.1 Å². The molecule has 14 nitrogen and oxygen atoms in total. The molecule has 2 heterocycles. The van der Waals surface area contributed by atoms with Crippen molar-refractivity contribution >= 4 is 44.6 Å². The number of methoxy groups -OCH3 is 1. The van der Waals surface area contributed by atoms with Gasteiger partial charge in [-0.3, -0.25) is 19.1 Å². The first-order valence-corrected chi connectivity index (χ1v) is 18.6. The molecular weight excluding hydrogens is 678 g/mol. The molecule has 1 aliphatic heterocycles. The highest BCUT2D eigenvalue weighted by molar-refractivity contribution is 7.91. The van der Waals surface area contributed by atoms with E-state index in [2.05, 4.69) is 26.9 Å². The zero-order valence-electron chi connectivity index (χ0n) is 30.5. The lowest BCUT2D eigenvalue weighted by Gasteiger charge is -2.36. The fourth-order valence-electron chi connectivity index (χ4n) is 6.47. The van der Waals surface area contributed by atoms with Gasteiger partial charge in [-0.1, -0.05) is 32.9 Å². The predicted molar refractivity (Wildman–Crippen MR) is 189 cm³/mol. The van der Waals surface area contributed by atoms with Crippen molar-refractivity contribution in [2.45, 2.75) is 109 Å². The van der Waals surface area contributed by atoms with E-state index in [0.717, 1.165) is 10.9 Å². The SMILES string of the molecule is C=C[C@@H]1C[C@]1(NC(=O)[C@@H]1C[C@@H](Oc2nccc3c(OC)c(C)ccc23)CN1C(=O)[C@@H](NC(=O)OC(C)(C)C)C(C)(C)C)C(=O)NS(=O)(=O)C1CC1. The zero-order valence-corrected chi connectivity index (χ0v) is 31.3. The summed E-state index contributed by atoms with van der Waals surface area (Å²) in [5.74, 6) is -1.67. The number of likely N-dealkylation sites (tertiary alicyclic amines) is 1. The Bertz CT molecular complexity index is 1850. The Balaban J connectivity index is 1.46. The fraction of sp³-hybridized carbons (Fsp3) is 0.583. The number of rotatable bonds is 11. The largest absolute Gasteiger partial charge is 0.496 e. The van der Waals surface area contributed by atoms with Crippen LogP contribution in [-0.2, 0) is 29.1 Å². The predicted octanol–water partition coefficient (Wildman–Crippen LogP) is 3.51. The van der Waals surface area contributed by atoms with Crippen molar-refractivity contribution in [3.8, 4) is 11.6 Å². The monoisotopic (exact) mass is 727 g/mol. The van der Waals surface area contributed by atoms with Gasteiger partial charge in [0, 0.05) is 29.3 Å². The van der Waals surface area contributed by atoms with Gasteiger partial charge < -0.3 is 29.7 Å². The third kappa shape index (κ3) is 8.08. The molecule has 0 unspecified atom stereocenters. The molecule has 3 aliphatic rings. The average molecular weight is 728 g/mol. The van der Waals surface area contributed by atoms with Crippen LogP contribution in [0.5, 0.6) is 11.6 Å². The van der Waals surface area contributed by atoms with Crippen LogP contribution >= 0.6 is 0 Å². The molecule has 1 saturated heterocycles. The number of nitrogens with zero attached hydrogens (tertiary/aromatic N) is 2. The van der Waals surface area contributed by atoms with Gasteiger partial charge >= 0.3 is 6.09 Å². The Morgan fingerprint density at radius 1 is 1.08 bits per heavy atom. The Morgan fingerprint density at radius 3 is 2.33 bits per heavy atom. The summed E-state index contributed by atoms with van der Waals surface area (Å²) >= 11 is 0. The van der Waals surface area contributed by atoms with Crippen LogP contribution in [0.4, 0.5) is 4.79 Å². The molecule has 2 aromatic rings. The fourth-order valence-corrected chi connectivity index (χ4v) is 7.83. The number of hydrogen-bond acceptors (Lipinski definition) is 10. The van der Waals surface area contributed by atoms with Gasteiger partial charge in [-0.2, -0.15) is 0 Å².